The van der Waals surface area contributed by atoms with Crippen LogP contribution in [0.2, 0.25) is 0 Å². The summed E-state index contributed by atoms with van der Waals surface area (Å²) in [6.07, 6.45) is 1.21. The number of benzene rings is 2. The first-order valence-electron chi connectivity index (χ1n) is 20.0. The van der Waals surface area contributed by atoms with Crippen LogP contribution in [0.1, 0.15) is 52.9 Å². The predicted molar refractivity (Wildman–Crippen MR) is 220 cm³/mol. The molecular formula is C42H50FN9O8. The van der Waals surface area contributed by atoms with E-state index in [1.54, 1.807) is 62.2 Å². The topological polar surface area (TPSA) is 200 Å². The van der Waals surface area contributed by atoms with E-state index in [1.165, 1.54) is 17.0 Å². The van der Waals surface area contributed by atoms with Gasteiger partial charge in [0, 0.05) is 64.2 Å². The van der Waals surface area contributed by atoms with Gasteiger partial charge in [-0.15, -0.1) is 0 Å². The van der Waals surface area contributed by atoms with Gasteiger partial charge >= 0.3 is 6.09 Å². The molecule has 0 radical (unpaired) electrons. The summed E-state index contributed by atoms with van der Waals surface area (Å²) in [4.78, 5) is 73.9. The average molecular weight is 828 g/mol. The van der Waals surface area contributed by atoms with Gasteiger partial charge in [0.15, 0.2) is 5.69 Å². The molecule has 1 spiro atoms. The van der Waals surface area contributed by atoms with Gasteiger partial charge in [-0.05, 0) is 50.6 Å². The van der Waals surface area contributed by atoms with Crippen molar-refractivity contribution in [2.24, 2.45) is 5.41 Å². The Kier molecular flexibility index (Phi) is 12.7. The smallest absolute Gasteiger partial charge is 0.412 e. The zero-order valence-electron chi connectivity index (χ0n) is 34.0. The largest absolute Gasteiger partial charge is 0.444 e. The van der Waals surface area contributed by atoms with Crippen molar-refractivity contribution >= 4 is 46.0 Å². The second-order valence-corrected chi connectivity index (χ2v) is 16.3. The summed E-state index contributed by atoms with van der Waals surface area (Å²) in [5.74, 6) is -1.72. The molecule has 0 unspecified atom stereocenters. The van der Waals surface area contributed by atoms with Gasteiger partial charge in [-0.1, -0.05) is 24.3 Å². The van der Waals surface area contributed by atoms with Gasteiger partial charge in [-0.2, -0.15) is 5.10 Å². The van der Waals surface area contributed by atoms with Crippen molar-refractivity contribution in [1.82, 2.24) is 35.6 Å². The lowest BCUT2D eigenvalue weighted by Gasteiger charge is -2.55. The summed E-state index contributed by atoms with van der Waals surface area (Å²) in [6, 6.07) is 13.2. The number of aromatic nitrogens is 3. The molecule has 4 N–H and O–H groups in total. The molecule has 3 aliphatic rings. The summed E-state index contributed by atoms with van der Waals surface area (Å²) in [5.41, 5.74) is 1.41. The monoisotopic (exact) mass is 827 g/mol. The first kappa shape index (κ1) is 42.2. The molecule has 0 atom stereocenters. The predicted octanol–water partition coefficient (Wildman–Crippen LogP) is 2.55. The minimum absolute atomic E-state index is 0.0458. The van der Waals surface area contributed by atoms with E-state index in [1.807, 2.05) is 6.07 Å². The van der Waals surface area contributed by atoms with Crippen LogP contribution < -0.4 is 26.4 Å². The molecule has 318 valence electrons. The molecule has 2 aromatic carbocycles. The van der Waals surface area contributed by atoms with E-state index in [0.29, 0.717) is 41.7 Å². The maximum Gasteiger partial charge on any atom is 0.412 e. The number of hydrogen-bond acceptors (Lipinski definition) is 12. The number of carbonyl (C=O) groups excluding carboxylic acids is 4. The van der Waals surface area contributed by atoms with Crippen LogP contribution in [0.25, 0.3) is 10.8 Å². The fraction of sp³-hybridized carbons (Fsp3) is 0.452. The first-order valence-corrected chi connectivity index (χ1v) is 20.0. The van der Waals surface area contributed by atoms with Crippen molar-refractivity contribution in [3.05, 3.63) is 93.4 Å². The summed E-state index contributed by atoms with van der Waals surface area (Å²) < 4.78 is 31.3. The zero-order valence-corrected chi connectivity index (χ0v) is 34.0. The lowest BCUT2D eigenvalue weighted by atomic mass is 9.78. The van der Waals surface area contributed by atoms with Crippen LogP contribution in [-0.4, -0.2) is 140 Å². The highest BCUT2D eigenvalue weighted by molar-refractivity contribution is 6.01. The SMILES string of the molecule is CC(C)(C)OC(=O)Nc1cc(N2CC3(COC3)C2)cnc1C(=O)NCCOCCNCC(=O)N1CCN(C(=O)c2cc(Cc3n[nH]c(=O)c4ccccc34)ccc2F)CC1. The van der Waals surface area contributed by atoms with Gasteiger partial charge in [-0.25, -0.2) is 19.3 Å². The van der Waals surface area contributed by atoms with E-state index in [-0.39, 0.29) is 79.6 Å². The number of rotatable bonds is 14. The van der Waals surface area contributed by atoms with Crippen molar-refractivity contribution in [1.29, 1.82) is 0 Å². The third-order valence-electron chi connectivity index (χ3n) is 10.5. The van der Waals surface area contributed by atoms with Crippen molar-refractivity contribution in [3.8, 4) is 0 Å². The van der Waals surface area contributed by atoms with Gasteiger partial charge in [0.2, 0.25) is 5.91 Å². The van der Waals surface area contributed by atoms with E-state index in [9.17, 15) is 28.4 Å². The quantitative estimate of drug-likeness (QED) is 0.136. The number of fused-ring (bicyclic) bond motifs is 1. The molecule has 3 fully saturated rings. The number of amides is 4. The first-order chi connectivity index (χ1) is 28.8. The lowest BCUT2D eigenvalue weighted by molar-refractivity contribution is -0.131. The Morgan fingerprint density at radius 3 is 2.38 bits per heavy atom. The fourth-order valence-electron chi connectivity index (χ4n) is 7.38. The lowest BCUT2D eigenvalue weighted by Crippen LogP contribution is -2.66. The summed E-state index contributed by atoms with van der Waals surface area (Å²) in [5, 5.41) is 16.4. The number of aromatic amines is 1. The van der Waals surface area contributed by atoms with Gasteiger partial charge in [-0.3, -0.25) is 24.5 Å². The Morgan fingerprint density at radius 1 is 0.950 bits per heavy atom. The fourth-order valence-corrected chi connectivity index (χ4v) is 7.38. The maximum atomic E-state index is 14.9. The molecule has 4 amide bonds. The summed E-state index contributed by atoms with van der Waals surface area (Å²) in [7, 11) is 0. The van der Waals surface area contributed by atoms with Crippen LogP contribution in [0.3, 0.4) is 0 Å². The number of ether oxygens (including phenoxy) is 3. The highest BCUT2D eigenvalue weighted by atomic mass is 19.1. The van der Waals surface area contributed by atoms with E-state index >= 15 is 0 Å². The Labute approximate surface area is 345 Å². The molecule has 0 bridgehead atoms. The standard InChI is InChI=1S/C42H50FN9O8/c1-41(2,3)60-40(57)47-34-20-28(52-23-42(24-52)25-59-26-42)21-46-36(34)38(55)45-11-17-58-16-10-44-22-35(53)50-12-14-51(15-13-50)39(56)31-18-27(8-9-32(31)43)19-33-29-6-4-5-7-30(29)37(54)49-48-33/h4-9,18,20-21,44H,10-17,19,22-26H2,1-3H3,(H,45,55)(H,47,57)(H,49,54). The Balaban J connectivity index is 0.807. The summed E-state index contributed by atoms with van der Waals surface area (Å²) >= 11 is 0. The maximum absolute atomic E-state index is 14.9. The van der Waals surface area contributed by atoms with Crippen molar-refractivity contribution < 1.29 is 37.8 Å². The zero-order chi connectivity index (χ0) is 42.4. The van der Waals surface area contributed by atoms with E-state index < -0.39 is 29.3 Å². The molecule has 17 nitrogen and oxygen atoms in total. The van der Waals surface area contributed by atoms with Crippen LogP contribution in [0.5, 0.6) is 0 Å². The minimum atomic E-state index is -0.731. The van der Waals surface area contributed by atoms with Gasteiger partial charge in [0.1, 0.15) is 11.4 Å². The Bertz CT molecular complexity index is 2300. The number of carbonyl (C=O) groups is 4. The number of nitrogens with zero attached hydrogens (tertiary/aromatic N) is 5. The number of hydrogen-bond donors (Lipinski definition) is 4. The van der Waals surface area contributed by atoms with Crippen LogP contribution in [0.15, 0.2) is 59.5 Å². The van der Waals surface area contributed by atoms with Crippen LogP contribution in [-0.2, 0) is 25.4 Å². The van der Waals surface area contributed by atoms with Crippen LogP contribution in [0.4, 0.5) is 20.6 Å². The number of pyridine rings is 1. The number of piperazine rings is 1. The molecule has 5 heterocycles. The van der Waals surface area contributed by atoms with Crippen LogP contribution >= 0.6 is 0 Å². The van der Waals surface area contributed by atoms with Crippen molar-refractivity contribution in [2.75, 3.05) is 95.5 Å². The van der Waals surface area contributed by atoms with Gasteiger partial charge in [0.25, 0.3) is 17.4 Å². The normalized spacial score (nSPS) is 16.0. The molecule has 18 heteroatoms. The highest BCUT2D eigenvalue weighted by Crippen LogP contribution is 2.40. The Morgan fingerprint density at radius 2 is 1.67 bits per heavy atom. The van der Waals surface area contributed by atoms with Gasteiger partial charge < -0.3 is 39.5 Å². The third kappa shape index (κ3) is 10.1. The number of H-pyrrole nitrogens is 1. The second kappa shape index (κ2) is 18.1. The molecule has 0 aliphatic carbocycles. The number of halogens is 1. The minimum Gasteiger partial charge on any atom is -0.444 e. The highest BCUT2D eigenvalue weighted by Gasteiger charge is 2.49. The molecule has 0 saturated carbocycles. The average Bonchev–Trinajstić information content (AvgIpc) is 3.18. The molecular weight excluding hydrogens is 778 g/mol. The van der Waals surface area contributed by atoms with Crippen LogP contribution in [0, 0.1) is 11.2 Å². The van der Waals surface area contributed by atoms with E-state index in [4.69, 9.17) is 14.2 Å². The second-order valence-electron chi connectivity index (χ2n) is 16.3. The number of anilines is 2. The molecule has 2 aromatic heterocycles. The molecule has 7 rings (SSSR count). The van der Waals surface area contributed by atoms with E-state index in [2.05, 4.69) is 36.0 Å². The number of nitrogens with one attached hydrogen (secondary N) is 4. The van der Waals surface area contributed by atoms with Crippen molar-refractivity contribution in [3.63, 3.8) is 0 Å². The summed E-state index contributed by atoms with van der Waals surface area (Å²) in [6.45, 7) is 10.6. The molecule has 4 aromatic rings. The molecule has 3 aliphatic heterocycles. The third-order valence-corrected chi connectivity index (χ3v) is 10.5. The van der Waals surface area contributed by atoms with Crippen molar-refractivity contribution in [2.45, 2.75) is 32.8 Å². The molecule has 60 heavy (non-hydrogen) atoms. The molecule has 3 saturated heterocycles. The Hall–Kier alpha value is -5.98. The van der Waals surface area contributed by atoms with E-state index in [0.717, 1.165) is 32.0 Å². The van der Waals surface area contributed by atoms with Gasteiger partial charge in [0.05, 0.1) is 72.6 Å².